The summed E-state index contributed by atoms with van der Waals surface area (Å²) >= 11 is 0. The summed E-state index contributed by atoms with van der Waals surface area (Å²) in [7, 11) is 0. The molecule has 0 unspecified atom stereocenters. The van der Waals surface area contributed by atoms with Crippen molar-refractivity contribution >= 4 is 5.97 Å². The van der Waals surface area contributed by atoms with Crippen molar-refractivity contribution in [1.82, 2.24) is 14.3 Å². The predicted octanol–water partition coefficient (Wildman–Crippen LogP) is 5.35. The Morgan fingerprint density at radius 2 is 1.57 bits per heavy atom. The first-order valence-corrected chi connectivity index (χ1v) is 14.5. The lowest BCUT2D eigenvalue weighted by atomic mass is 10.0. The minimum absolute atomic E-state index is 0.132. The summed E-state index contributed by atoms with van der Waals surface area (Å²) in [5.41, 5.74) is 0.996. The van der Waals surface area contributed by atoms with Crippen LogP contribution in [0.15, 0.2) is 64.2 Å². The molecule has 1 aliphatic carbocycles. The number of benzene rings is 2. The van der Waals surface area contributed by atoms with Crippen LogP contribution in [0.5, 0.6) is 5.75 Å². The highest BCUT2D eigenvalue weighted by molar-refractivity contribution is 5.76. The molecule has 1 saturated carbocycles. The lowest BCUT2D eigenvalue weighted by molar-refractivity contribution is -0.152. The minimum atomic E-state index is -1.31. The number of carboxylic acid groups (broad SMARTS) is 1. The van der Waals surface area contributed by atoms with E-state index in [1.54, 1.807) is 6.07 Å². The van der Waals surface area contributed by atoms with E-state index in [1.165, 1.54) is 28.7 Å². The molecule has 0 radical (unpaired) electrons. The lowest BCUT2D eigenvalue weighted by Crippen LogP contribution is -2.44. The second kappa shape index (κ2) is 13.6. The molecular weight excluding hydrogens is 506 g/mol. The first kappa shape index (κ1) is 29.3. The van der Waals surface area contributed by atoms with Crippen molar-refractivity contribution in [2.45, 2.75) is 103 Å². The summed E-state index contributed by atoms with van der Waals surface area (Å²) in [4.78, 5) is 38.0. The second-order valence-electron chi connectivity index (χ2n) is 11.3. The van der Waals surface area contributed by atoms with Gasteiger partial charge in [-0.15, -0.1) is 0 Å². The van der Waals surface area contributed by atoms with Crippen LogP contribution in [0, 0.1) is 0 Å². The molecule has 0 amide bonds. The van der Waals surface area contributed by atoms with E-state index < -0.39 is 11.6 Å². The molecule has 0 atom stereocenters. The van der Waals surface area contributed by atoms with E-state index in [-0.39, 0.29) is 17.2 Å². The highest BCUT2D eigenvalue weighted by Crippen LogP contribution is 2.31. The van der Waals surface area contributed by atoms with Crippen LogP contribution in [0.1, 0.15) is 88.0 Å². The molecule has 3 aromatic rings. The van der Waals surface area contributed by atoms with E-state index in [2.05, 4.69) is 17.2 Å². The quantitative estimate of drug-likeness (QED) is 0.273. The van der Waals surface area contributed by atoms with Gasteiger partial charge in [-0.3, -0.25) is 9.36 Å². The average molecular weight is 548 g/mol. The normalized spacial score (nSPS) is 13.9. The van der Waals surface area contributed by atoms with Crippen LogP contribution in [0.4, 0.5) is 0 Å². The van der Waals surface area contributed by atoms with Gasteiger partial charge < -0.3 is 9.84 Å². The Bertz CT molecular complexity index is 1390. The number of aromatic nitrogens is 3. The van der Waals surface area contributed by atoms with E-state index in [0.717, 1.165) is 69.8 Å². The summed E-state index contributed by atoms with van der Waals surface area (Å²) < 4.78 is 8.57. The Kier molecular flexibility index (Phi) is 9.96. The van der Waals surface area contributed by atoms with Crippen LogP contribution >= 0.6 is 0 Å². The fraction of sp³-hybridized carbons (Fsp3) is 0.500. The van der Waals surface area contributed by atoms with Crippen LogP contribution in [-0.2, 0) is 30.7 Å². The van der Waals surface area contributed by atoms with Gasteiger partial charge in [0, 0.05) is 19.0 Å². The summed E-state index contributed by atoms with van der Waals surface area (Å²) in [6.07, 6.45) is 8.97. The van der Waals surface area contributed by atoms with Gasteiger partial charge in [-0.2, -0.15) is 5.10 Å². The van der Waals surface area contributed by atoms with Gasteiger partial charge in [0.1, 0.15) is 11.4 Å². The molecule has 0 aliphatic heterocycles. The molecule has 1 aliphatic rings. The number of carboxylic acids is 1. The Hall–Kier alpha value is -3.68. The third-order valence-electron chi connectivity index (χ3n) is 7.70. The smallest absolute Gasteiger partial charge is 0.347 e. The fourth-order valence-electron chi connectivity index (χ4n) is 5.32. The van der Waals surface area contributed by atoms with Crippen molar-refractivity contribution in [3.63, 3.8) is 0 Å². The highest BCUT2D eigenvalue weighted by atomic mass is 16.5. The largest absolute Gasteiger partial charge is 0.478 e. The highest BCUT2D eigenvalue weighted by Gasteiger charge is 2.29. The molecule has 8 heteroatoms. The van der Waals surface area contributed by atoms with E-state index >= 15 is 0 Å². The van der Waals surface area contributed by atoms with Gasteiger partial charge in [-0.05, 0) is 88.5 Å². The van der Waals surface area contributed by atoms with Crippen molar-refractivity contribution in [3.8, 4) is 5.75 Å². The molecule has 8 nitrogen and oxygen atoms in total. The summed E-state index contributed by atoms with van der Waals surface area (Å²) in [5.74, 6) is -0.374. The monoisotopic (exact) mass is 547 g/mol. The number of rotatable bonds is 14. The maximum atomic E-state index is 13.3. The molecule has 1 heterocycles. The molecule has 0 saturated heterocycles. The zero-order valence-corrected chi connectivity index (χ0v) is 23.7. The van der Waals surface area contributed by atoms with Crippen molar-refractivity contribution in [2.75, 3.05) is 0 Å². The number of nitrogens with zero attached hydrogens (tertiary/aromatic N) is 3. The topological polar surface area (TPSA) is 103 Å². The van der Waals surface area contributed by atoms with E-state index in [4.69, 9.17) is 4.74 Å². The number of aryl methyl sites for hydroxylation is 3. The van der Waals surface area contributed by atoms with Gasteiger partial charge in [-0.25, -0.2) is 14.3 Å². The predicted molar refractivity (Wildman–Crippen MR) is 155 cm³/mol. The Morgan fingerprint density at radius 3 is 2.27 bits per heavy atom. The van der Waals surface area contributed by atoms with Gasteiger partial charge in [0.25, 0.3) is 5.56 Å². The maximum Gasteiger partial charge on any atom is 0.347 e. The summed E-state index contributed by atoms with van der Waals surface area (Å²) in [6, 6.07) is 17.7. The van der Waals surface area contributed by atoms with Crippen molar-refractivity contribution in [1.29, 1.82) is 0 Å². The van der Waals surface area contributed by atoms with Gasteiger partial charge in [0.2, 0.25) is 0 Å². The maximum absolute atomic E-state index is 13.3. The molecule has 2 aromatic carbocycles. The molecule has 0 spiro atoms. The first-order valence-electron chi connectivity index (χ1n) is 14.5. The number of carbonyl (C=O) groups is 1. The van der Waals surface area contributed by atoms with Gasteiger partial charge >= 0.3 is 11.7 Å². The fourth-order valence-corrected chi connectivity index (χ4v) is 5.32. The van der Waals surface area contributed by atoms with Crippen LogP contribution in [0.25, 0.3) is 0 Å². The molecule has 1 aromatic heterocycles. The Labute approximate surface area is 235 Å². The number of ether oxygens (including phenoxy) is 1. The second-order valence-corrected chi connectivity index (χ2v) is 11.3. The zero-order valence-electron chi connectivity index (χ0n) is 23.7. The third-order valence-corrected chi connectivity index (χ3v) is 7.70. The number of hydrogen-bond donors (Lipinski definition) is 1. The standard InChI is InChI=1S/C32H41N3O5/c1-32(2,30(37)38)40-27-20-12-17-25(23-27)16-9-11-22-35-31(39)34(21-10-8-15-24-13-4-3-5-14-24)29(36)28(33-35)26-18-6-7-19-26/h3-5,12-14,17,20,23,26H,6-11,15-16,18-19,21-22H2,1-2H3,(H,37,38). The van der Waals surface area contributed by atoms with E-state index in [9.17, 15) is 19.5 Å². The zero-order chi connectivity index (χ0) is 28.5. The van der Waals surface area contributed by atoms with Gasteiger partial charge in [0.05, 0.1) is 0 Å². The molecule has 40 heavy (non-hydrogen) atoms. The molecule has 1 fully saturated rings. The van der Waals surface area contributed by atoms with Crippen molar-refractivity contribution < 1.29 is 14.6 Å². The number of unbranched alkanes of at least 4 members (excludes halogenated alkanes) is 2. The van der Waals surface area contributed by atoms with E-state index in [1.807, 2.05) is 36.4 Å². The number of aliphatic carboxylic acids is 1. The SMILES string of the molecule is CC(C)(Oc1cccc(CCCCn2nc(C3CCCC3)c(=O)n(CCCCc3ccccc3)c2=O)c1)C(=O)O. The molecule has 214 valence electrons. The lowest BCUT2D eigenvalue weighted by Gasteiger charge is -2.21. The van der Waals surface area contributed by atoms with Crippen LogP contribution in [0.3, 0.4) is 0 Å². The van der Waals surface area contributed by atoms with Crippen LogP contribution < -0.4 is 16.0 Å². The number of hydrogen-bond acceptors (Lipinski definition) is 5. The summed E-state index contributed by atoms with van der Waals surface area (Å²) in [6.45, 7) is 3.90. The van der Waals surface area contributed by atoms with Crippen LogP contribution in [-0.4, -0.2) is 31.0 Å². The average Bonchev–Trinajstić information content (AvgIpc) is 3.47. The molecule has 1 N–H and O–H groups in total. The van der Waals surface area contributed by atoms with Crippen molar-refractivity contribution in [3.05, 3.63) is 92.3 Å². The Balaban J connectivity index is 1.40. The molecular formula is C32H41N3O5. The van der Waals surface area contributed by atoms with Crippen molar-refractivity contribution in [2.24, 2.45) is 0 Å². The molecule has 4 rings (SSSR count). The van der Waals surface area contributed by atoms with Gasteiger partial charge in [-0.1, -0.05) is 55.3 Å². The summed E-state index contributed by atoms with van der Waals surface area (Å²) in [5, 5.41) is 13.9. The van der Waals surface area contributed by atoms with E-state index in [0.29, 0.717) is 24.5 Å². The minimum Gasteiger partial charge on any atom is -0.478 e. The third kappa shape index (κ3) is 7.71. The van der Waals surface area contributed by atoms with Crippen LogP contribution in [0.2, 0.25) is 0 Å². The molecule has 0 bridgehead atoms. The first-order chi connectivity index (χ1) is 19.2. The van der Waals surface area contributed by atoms with Gasteiger partial charge in [0.15, 0.2) is 5.60 Å². The Morgan fingerprint density at radius 1 is 0.925 bits per heavy atom.